The molecule has 0 bridgehead atoms. The average Bonchev–Trinajstić information content (AvgIpc) is 2.53. The quantitative estimate of drug-likeness (QED) is 0.387. The van der Waals surface area contributed by atoms with Crippen LogP contribution >= 0.6 is 12.2 Å². The summed E-state index contributed by atoms with van der Waals surface area (Å²) in [5.74, 6) is -0.136. The van der Waals surface area contributed by atoms with Crippen molar-refractivity contribution in [1.29, 1.82) is 0 Å². The maximum Gasteiger partial charge on any atom is 0.305 e. The number of carbonyl (C=O) groups is 1. The molecule has 0 aromatic heterocycles. The van der Waals surface area contributed by atoms with Gasteiger partial charge in [0.15, 0.2) is 5.11 Å². The first kappa shape index (κ1) is 18.0. The summed E-state index contributed by atoms with van der Waals surface area (Å²) >= 11 is 4.97. The van der Waals surface area contributed by atoms with Crippen molar-refractivity contribution in [2.45, 2.75) is 26.2 Å². The van der Waals surface area contributed by atoms with Crippen molar-refractivity contribution < 1.29 is 9.53 Å². The first-order chi connectivity index (χ1) is 10.6. The average molecular weight is 321 g/mol. The van der Waals surface area contributed by atoms with Gasteiger partial charge in [-0.3, -0.25) is 15.6 Å². The minimum Gasteiger partial charge on any atom is -0.466 e. The van der Waals surface area contributed by atoms with Crippen LogP contribution in [0.15, 0.2) is 30.8 Å². The van der Waals surface area contributed by atoms with Gasteiger partial charge in [0.05, 0.1) is 12.3 Å². The Morgan fingerprint density at radius 3 is 2.55 bits per heavy atom. The largest absolute Gasteiger partial charge is 0.466 e. The predicted octanol–water partition coefficient (Wildman–Crippen LogP) is 2.14. The maximum absolute atomic E-state index is 11.3. The normalized spacial score (nSPS) is 9.73. The minimum absolute atomic E-state index is 0.136. The molecule has 1 aromatic rings. The van der Waals surface area contributed by atoms with E-state index in [9.17, 15) is 4.79 Å². The highest BCUT2D eigenvalue weighted by atomic mass is 32.1. The van der Waals surface area contributed by atoms with Gasteiger partial charge in [-0.2, -0.15) is 0 Å². The number of thiocarbonyl (C=S) groups is 1. The molecule has 5 nitrogen and oxygen atoms in total. The number of hydrogen-bond donors (Lipinski definition) is 3. The highest BCUT2D eigenvalue weighted by molar-refractivity contribution is 7.80. The molecule has 0 saturated carbocycles. The van der Waals surface area contributed by atoms with Crippen LogP contribution < -0.4 is 16.2 Å². The molecule has 0 aliphatic heterocycles. The second-order valence-corrected chi connectivity index (χ2v) is 5.07. The smallest absolute Gasteiger partial charge is 0.305 e. The van der Waals surface area contributed by atoms with Crippen molar-refractivity contribution in [2.24, 2.45) is 0 Å². The third-order valence-electron chi connectivity index (χ3n) is 3.01. The molecule has 22 heavy (non-hydrogen) atoms. The first-order valence-corrected chi connectivity index (χ1v) is 7.65. The Bertz CT molecular complexity index is 515. The molecule has 0 amide bonds. The van der Waals surface area contributed by atoms with Crippen molar-refractivity contribution >= 4 is 29.0 Å². The van der Waals surface area contributed by atoms with Gasteiger partial charge in [0, 0.05) is 13.5 Å². The van der Waals surface area contributed by atoms with E-state index in [0.717, 1.165) is 24.1 Å². The summed E-state index contributed by atoms with van der Waals surface area (Å²) in [5.41, 5.74) is 8.64. The molecule has 6 heteroatoms. The standard InChI is InChI=1S/C16H23N3O2S/c1-4-21-15(20)7-5-6-13-8-10-14(11-9-13)12(2)18-19-16(22)17-3/h8-11,18H,2,4-7H2,1,3H3,(H2,17,19,22). The molecule has 3 N–H and O–H groups in total. The Morgan fingerprint density at radius 1 is 1.27 bits per heavy atom. The van der Waals surface area contributed by atoms with Gasteiger partial charge < -0.3 is 10.1 Å². The van der Waals surface area contributed by atoms with E-state index in [4.69, 9.17) is 17.0 Å². The fourth-order valence-electron chi connectivity index (χ4n) is 1.81. The lowest BCUT2D eigenvalue weighted by Crippen LogP contribution is -2.41. The van der Waals surface area contributed by atoms with Crippen molar-refractivity contribution in [3.63, 3.8) is 0 Å². The van der Waals surface area contributed by atoms with Gasteiger partial charge in [-0.05, 0) is 43.1 Å². The third-order valence-corrected chi connectivity index (χ3v) is 3.31. The van der Waals surface area contributed by atoms with Gasteiger partial charge in [0.2, 0.25) is 0 Å². The highest BCUT2D eigenvalue weighted by Gasteiger charge is 2.03. The Labute approximate surface area is 137 Å². The zero-order valence-electron chi connectivity index (χ0n) is 13.1. The topological polar surface area (TPSA) is 62.4 Å². The number of nitrogens with one attached hydrogen (secondary N) is 3. The van der Waals surface area contributed by atoms with Crippen LogP contribution in [0.25, 0.3) is 5.70 Å². The van der Waals surface area contributed by atoms with E-state index in [1.54, 1.807) is 7.05 Å². The fraction of sp³-hybridized carbons (Fsp3) is 0.375. The molecule has 0 spiro atoms. The summed E-state index contributed by atoms with van der Waals surface area (Å²) < 4.78 is 4.90. The summed E-state index contributed by atoms with van der Waals surface area (Å²) in [4.78, 5) is 11.3. The Morgan fingerprint density at radius 2 is 1.95 bits per heavy atom. The molecule has 0 fully saturated rings. The molecule has 0 atom stereocenters. The van der Waals surface area contributed by atoms with Crippen LogP contribution in [0, 0.1) is 0 Å². The molecule has 0 aliphatic rings. The Kier molecular flexibility index (Phi) is 7.99. The maximum atomic E-state index is 11.3. The summed E-state index contributed by atoms with van der Waals surface area (Å²) in [7, 11) is 1.74. The van der Waals surface area contributed by atoms with Crippen molar-refractivity contribution in [2.75, 3.05) is 13.7 Å². The van der Waals surface area contributed by atoms with E-state index >= 15 is 0 Å². The number of ether oxygens (including phenoxy) is 1. The van der Waals surface area contributed by atoms with E-state index in [1.807, 2.05) is 31.2 Å². The molecule has 0 saturated heterocycles. The molecule has 0 radical (unpaired) electrons. The SMILES string of the molecule is C=C(NNC(=S)NC)c1ccc(CCCC(=O)OCC)cc1. The number of hydrogen-bond acceptors (Lipinski definition) is 4. The molecule has 0 aliphatic carbocycles. The molecule has 120 valence electrons. The number of esters is 1. The Balaban J connectivity index is 2.40. The number of hydrazine groups is 1. The van der Waals surface area contributed by atoms with Crippen molar-refractivity contribution in [3.05, 3.63) is 42.0 Å². The molecule has 0 heterocycles. The summed E-state index contributed by atoms with van der Waals surface area (Å²) in [5, 5.41) is 3.30. The first-order valence-electron chi connectivity index (χ1n) is 7.24. The molecule has 1 aromatic carbocycles. The highest BCUT2D eigenvalue weighted by Crippen LogP contribution is 2.12. The van der Waals surface area contributed by atoms with Gasteiger partial charge >= 0.3 is 5.97 Å². The van der Waals surface area contributed by atoms with Crippen LogP contribution in [-0.2, 0) is 16.0 Å². The van der Waals surface area contributed by atoms with E-state index in [-0.39, 0.29) is 5.97 Å². The zero-order valence-corrected chi connectivity index (χ0v) is 13.9. The minimum atomic E-state index is -0.136. The Hall–Kier alpha value is -2.08. The van der Waals surface area contributed by atoms with Crippen LogP contribution in [0.2, 0.25) is 0 Å². The summed E-state index contributed by atoms with van der Waals surface area (Å²) in [6.45, 7) is 6.20. The van der Waals surface area contributed by atoms with Crippen molar-refractivity contribution in [1.82, 2.24) is 16.2 Å². The summed E-state index contributed by atoms with van der Waals surface area (Å²) in [6.07, 6.45) is 2.09. The lowest BCUT2D eigenvalue weighted by Gasteiger charge is -2.13. The molecular weight excluding hydrogens is 298 g/mol. The van der Waals surface area contributed by atoms with E-state index in [1.165, 1.54) is 5.56 Å². The number of benzene rings is 1. The van der Waals surface area contributed by atoms with E-state index in [0.29, 0.717) is 18.1 Å². The number of carbonyl (C=O) groups excluding carboxylic acids is 1. The molecule has 0 unspecified atom stereocenters. The van der Waals surface area contributed by atoms with Crippen LogP contribution in [0.3, 0.4) is 0 Å². The van der Waals surface area contributed by atoms with Gasteiger partial charge in [-0.1, -0.05) is 30.8 Å². The fourth-order valence-corrected chi connectivity index (χ4v) is 1.86. The molecule has 1 rings (SSSR count). The van der Waals surface area contributed by atoms with E-state index < -0.39 is 0 Å². The second-order valence-electron chi connectivity index (χ2n) is 4.66. The van der Waals surface area contributed by atoms with Gasteiger partial charge in [-0.15, -0.1) is 0 Å². The van der Waals surface area contributed by atoms with Crippen molar-refractivity contribution in [3.8, 4) is 0 Å². The van der Waals surface area contributed by atoms with Crippen LogP contribution in [0.1, 0.15) is 30.9 Å². The van der Waals surface area contributed by atoms with Gasteiger partial charge in [0.1, 0.15) is 0 Å². The van der Waals surface area contributed by atoms with Crippen LogP contribution in [-0.4, -0.2) is 24.7 Å². The predicted molar refractivity (Wildman–Crippen MR) is 93.0 cm³/mol. The van der Waals surface area contributed by atoms with Crippen LogP contribution in [0.5, 0.6) is 0 Å². The molecular formula is C16H23N3O2S. The number of aryl methyl sites for hydroxylation is 1. The third kappa shape index (κ3) is 6.58. The number of rotatable bonds is 8. The van der Waals surface area contributed by atoms with E-state index in [2.05, 4.69) is 22.7 Å². The van der Waals surface area contributed by atoms with Crippen LogP contribution in [0.4, 0.5) is 0 Å². The van der Waals surface area contributed by atoms with Gasteiger partial charge in [0.25, 0.3) is 0 Å². The zero-order chi connectivity index (χ0) is 16.4. The van der Waals surface area contributed by atoms with Gasteiger partial charge in [-0.25, -0.2) is 0 Å². The summed E-state index contributed by atoms with van der Waals surface area (Å²) in [6, 6.07) is 8.03. The lowest BCUT2D eigenvalue weighted by molar-refractivity contribution is -0.143. The monoisotopic (exact) mass is 321 g/mol. The second kappa shape index (κ2) is 9.78. The lowest BCUT2D eigenvalue weighted by atomic mass is 10.1.